The number of carbonyl (C=O) groups is 1. The van der Waals surface area contributed by atoms with Crippen LogP contribution in [0, 0.1) is 0 Å². The summed E-state index contributed by atoms with van der Waals surface area (Å²) in [4.78, 5) is 11.5. The predicted molar refractivity (Wildman–Crippen MR) is 52.5 cm³/mol. The van der Waals surface area contributed by atoms with Gasteiger partial charge in [-0.3, -0.25) is 4.79 Å². The number of rotatable bonds is 1. The lowest BCUT2D eigenvalue weighted by Crippen LogP contribution is -2.42. The molecule has 7 nitrogen and oxygen atoms in total. The molecule has 1 fully saturated rings. The molecule has 0 aromatic rings. The number of aliphatic hydroxyl groups is 1. The smallest absolute Gasteiger partial charge is 0.274 e. The molecule has 1 atom stereocenters. The van der Waals surface area contributed by atoms with Gasteiger partial charge in [-0.1, -0.05) is 29.2 Å². The third-order valence-electron chi connectivity index (χ3n) is 1.47. The lowest BCUT2D eigenvalue weighted by atomic mass is 10.3. The molecule has 1 unspecified atom stereocenters. The van der Waals surface area contributed by atoms with E-state index in [-0.39, 0.29) is 10.8 Å². The first-order valence-electron chi connectivity index (χ1n) is 3.51. The monoisotopic (exact) mass is 231 g/mol. The minimum atomic E-state index is -1.68. The predicted octanol–water partition coefficient (Wildman–Crippen LogP) is -0.861. The van der Waals surface area contributed by atoms with Gasteiger partial charge in [0.05, 0.1) is 4.91 Å². The van der Waals surface area contributed by atoms with Gasteiger partial charge in [-0.25, -0.2) is 5.53 Å². The molecule has 1 amide bonds. The molecule has 2 aliphatic heterocycles. The molecule has 2 aliphatic rings. The van der Waals surface area contributed by atoms with Crippen molar-refractivity contribution >= 4 is 34.2 Å². The van der Waals surface area contributed by atoms with Gasteiger partial charge in [-0.05, 0) is 0 Å². The maximum absolute atomic E-state index is 11.2. The van der Waals surface area contributed by atoms with Crippen molar-refractivity contribution in [2.75, 3.05) is 0 Å². The maximum Gasteiger partial charge on any atom is 0.274 e. The summed E-state index contributed by atoms with van der Waals surface area (Å²) in [6.45, 7) is 0. The summed E-state index contributed by atoms with van der Waals surface area (Å²) < 4.78 is 0.354. The van der Waals surface area contributed by atoms with Gasteiger partial charge < -0.3 is 10.4 Å². The summed E-state index contributed by atoms with van der Waals surface area (Å²) in [7, 11) is 0. The van der Waals surface area contributed by atoms with Crippen LogP contribution in [0.3, 0.4) is 0 Å². The van der Waals surface area contributed by atoms with Crippen LogP contribution in [-0.4, -0.2) is 21.2 Å². The van der Waals surface area contributed by atoms with Crippen molar-refractivity contribution in [1.29, 1.82) is 0 Å². The Hall–Kier alpha value is -1.03. The Labute approximate surface area is 88.0 Å². The summed E-state index contributed by atoms with van der Waals surface area (Å²) in [5.41, 5.74) is 4.61. The number of hydrazine groups is 1. The fourth-order valence-corrected chi connectivity index (χ4v) is 1.97. The van der Waals surface area contributed by atoms with Crippen LogP contribution in [0.1, 0.15) is 0 Å². The zero-order valence-electron chi connectivity index (χ0n) is 6.64. The molecule has 0 bridgehead atoms. The number of amides is 1. The lowest BCUT2D eigenvalue weighted by molar-refractivity contribution is -0.115. The van der Waals surface area contributed by atoms with Crippen molar-refractivity contribution in [3.63, 3.8) is 0 Å². The van der Waals surface area contributed by atoms with E-state index < -0.39 is 5.85 Å². The van der Waals surface area contributed by atoms with Crippen LogP contribution in [0.2, 0.25) is 0 Å². The van der Waals surface area contributed by atoms with Gasteiger partial charge in [-0.15, -0.1) is 5.11 Å². The molecule has 14 heavy (non-hydrogen) atoms. The van der Waals surface area contributed by atoms with Crippen LogP contribution >= 0.6 is 24.0 Å². The molecule has 0 aromatic heterocycles. The van der Waals surface area contributed by atoms with Crippen LogP contribution in [0.25, 0.3) is 0 Å². The average molecular weight is 231 g/mol. The summed E-state index contributed by atoms with van der Waals surface area (Å²) >= 11 is 5.83. The summed E-state index contributed by atoms with van der Waals surface area (Å²) in [5.74, 6) is -2.03. The number of thiocarbonyl (C=S) groups is 1. The highest BCUT2D eigenvalue weighted by Gasteiger charge is 2.32. The fourth-order valence-electron chi connectivity index (χ4n) is 0.902. The molecule has 74 valence electrons. The zero-order valence-corrected chi connectivity index (χ0v) is 8.28. The topological polar surface area (TPSA) is 98.1 Å². The lowest BCUT2D eigenvalue weighted by Gasteiger charge is -2.11. The summed E-state index contributed by atoms with van der Waals surface area (Å²) in [6, 6.07) is 0. The van der Waals surface area contributed by atoms with Crippen LogP contribution in [0.4, 0.5) is 0 Å². The van der Waals surface area contributed by atoms with E-state index in [0.717, 1.165) is 11.8 Å². The Bertz CT molecular complexity index is 367. The van der Waals surface area contributed by atoms with Crippen LogP contribution in [-0.2, 0) is 4.79 Å². The molecule has 2 rings (SSSR count). The Morgan fingerprint density at radius 3 is 2.93 bits per heavy atom. The van der Waals surface area contributed by atoms with E-state index in [1.165, 1.54) is 6.08 Å². The molecule has 0 saturated carbocycles. The van der Waals surface area contributed by atoms with Crippen molar-refractivity contribution in [2.45, 2.75) is 5.85 Å². The van der Waals surface area contributed by atoms with Crippen LogP contribution < -0.4 is 16.3 Å². The SMILES string of the molecule is O=C1NC(=S)SC1=CC1(O)N=NNN1. The first-order valence-corrected chi connectivity index (χ1v) is 4.74. The van der Waals surface area contributed by atoms with E-state index in [2.05, 4.69) is 26.6 Å². The largest absolute Gasteiger partial charge is 0.351 e. The molecule has 1 saturated heterocycles. The van der Waals surface area contributed by atoms with E-state index in [0.29, 0.717) is 4.32 Å². The average Bonchev–Trinajstić information content (AvgIpc) is 2.61. The van der Waals surface area contributed by atoms with Gasteiger partial charge in [0, 0.05) is 6.08 Å². The second-order valence-corrected chi connectivity index (χ2v) is 4.23. The number of thioether (sulfide) groups is 1. The number of nitrogens with zero attached hydrogens (tertiary/aromatic N) is 2. The summed E-state index contributed by atoms with van der Waals surface area (Å²) in [6.07, 6.45) is 1.23. The quantitative estimate of drug-likeness (QED) is 0.346. The standard InChI is InChI=1S/C5H5N5O2S2/c11-3-2(14-4(13)6-3)1-5(12)7-9-10-8-5/h1,12H,(H,7,10)(H,8,9)(H,6,11,13). The molecule has 0 aliphatic carbocycles. The molecule has 9 heteroatoms. The number of hydrogen-bond acceptors (Lipinski definition) is 8. The Morgan fingerprint density at radius 1 is 1.64 bits per heavy atom. The zero-order chi connectivity index (χ0) is 10.2. The number of nitrogens with one attached hydrogen (secondary N) is 3. The highest BCUT2D eigenvalue weighted by Crippen LogP contribution is 2.26. The van der Waals surface area contributed by atoms with Crippen molar-refractivity contribution < 1.29 is 9.90 Å². The second-order valence-electron chi connectivity index (χ2n) is 2.52. The van der Waals surface area contributed by atoms with E-state index in [9.17, 15) is 9.90 Å². The Morgan fingerprint density at radius 2 is 2.43 bits per heavy atom. The van der Waals surface area contributed by atoms with Gasteiger partial charge in [0.2, 0.25) is 0 Å². The molecular weight excluding hydrogens is 226 g/mol. The first-order chi connectivity index (χ1) is 6.59. The maximum atomic E-state index is 11.2. The minimum Gasteiger partial charge on any atom is -0.351 e. The van der Waals surface area contributed by atoms with Gasteiger partial charge >= 0.3 is 0 Å². The third kappa shape index (κ3) is 1.75. The second kappa shape index (κ2) is 3.28. The Kier molecular flexibility index (Phi) is 2.23. The van der Waals surface area contributed by atoms with Gasteiger partial charge in [0.1, 0.15) is 4.32 Å². The van der Waals surface area contributed by atoms with Gasteiger partial charge in [0.15, 0.2) is 0 Å². The van der Waals surface area contributed by atoms with E-state index >= 15 is 0 Å². The normalized spacial score (nSPS) is 33.6. The molecule has 4 N–H and O–H groups in total. The van der Waals surface area contributed by atoms with Crippen molar-refractivity contribution in [3.8, 4) is 0 Å². The highest BCUT2D eigenvalue weighted by atomic mass is 32.2. The van der Waals surface area contributed by atoms with Crippen molar-refractivity contribution in [1.82, 2.24) is 16.3 Å². The first kappa shape index (κ1) is 9.52. The van der Waals surface area contributed by atoms with Crippen LogP contribution in [0.5, 0.6) is 0 Å². The van der Waals surface area contributed by atoms with E-state index in [1.54, 1.807) is 0 Å². The third-order valence-corrected chi connectivity index (χ3v) is 2.63. The van der Waals surface area contributed by atoms with E-state index in [4.69, 9.17) is 12.2 Å². The van der Waals surface area contributed by atoms with E-state index in [1.807, 2.05) is 0 Å². The molecule has 0 aromatic carbocycles. The van der Waals surface area contributed by atoms with Gasteiger partial charge in [-0.2, -0.15) is 5.43 Å². The molecule has 0 radical (unpaired) electrons. The van der Waals surface area contributed by atoms with Crippen molar-refractivity contribution in [3.05, 3.63) is 11.0 Å². The molecule has 0 spiro atoms. The van der Waals surface area contributed by atoms with Gasteiger partial charge in [0.25, 0.3) is 11.8 Å². The Balaban J connectivity index is 2.22. The summed E-state index contributed by atoms with van der Waals surface area (Å²) in [5, 5.41) is 18.8. The number of carbonyl (C=O) groups excluding carboxylic acids is 1. The molecule has 2 heterocycles. The van der Waals surface area contributed by atoms with Crippen LogP contribution in [0.15, 0.2) is 21.3 Å². The minimum absolute atomic E-state index is 0.285. The fraction of sp³-hybridized carbons (Fsp3) is 0.200. The number of hydrogen-bond donors (Lipinski definition) is 4. The van der Waals surface area contributed by atoms with Crippen molar-refractivity contribution in [2.24, 2.45) is 10.3 Å². The highest BCUT2D eigenvalue weighted by molar-refractivity contribution is 8.26. The molecular formula is C5H5N5O2S2.